The van der Waals surface area contributed by atoms with Gasteiger partial charge in [-0.05, 0) is 34.1 Å². The molecule has 2 aromatic rings. The van der Waals surface area contributed by atoms with E-state index in [1.54, 1.807) is 11.3 Å². The van der Waals surface area contributed by atoms with E-state index in [-0.39, 0.29) is 0 Å². The summed E-state index contributed by atoms with van der Waals surface area (Å²) in [5.41, 5.74) is 0. The molecule has 0 saturated heterocycles. The molecule has 0 saturated carbocycles. The molecule has 2 aromatic heterocycles. The van der Waals surface area contributed by atoms with Gasteiger partial charge in [0.2, 0.25) is 5.13 Å². The molecule has 8 heteroatoms. The molecule has 0 unspecified atom stereocenters. The summed E-state index contributed by atoms with van der Waals surface area (Å²) in [5, 5.41) is 10.1. The molecule has 102 valence electrons. The number of halogens is 1. The molecular formula is C11H14BrN5S2. The fourth-order valence-corrected chi connectivity index (χ4v) is 3.65. The maximum atomic E-state index is 4.52. The summed E-state index contributed by atoms with van der Waals surface area (Å²) in [7, 11) is 3.91. The lowest BCUT2D eigenvalue weighted by Gasteiger charge is -2.04. The molecular weight excluding hydrogens is 346 g/mol. The lowest BCUT2D eigenvalue weighted by Crippen LogP contribution is -2.07. The number of anilines is 1. The van der Waals surface area contributed by atoms with Crippen LogP contribution in [-0.2, 0) is 6.42 Å². The van der Waals surface area contributed by atoms with Gasteiger partial charge in [-0.25, -0.2) is 9.97 Å². The lowest BCUT2D eigenvalue weighted by molar-refractivity contribution is 0.802. The Hall–Kier alpha value is -0.730. The van der Waals surface area contributed by atoms with Gasteiger partial charge >= 0.3 is 0 Å². The van der Waals surface area contributed by atoms with Gasteiger partial charge < -0.3 is 4.90 Å². The number of nitrogens with zero attached hydrogens (tertiary/aromatic N) is 5. The third kappa shape index (κ3) is 4.12. The van der Waals surface area contributed by atoms with Crippen LogP contribution in [0.25, 0.3) is 0 Å². The van der Waals surface area contributed by atoms with Crippen molar-refractivity contribution in [3.63, 3.8) is 0 Å². The van der Waals surface area contributed by atoms with E-state index in [2.05, 4.69) is 43.0 Å². The molecule has 19 heavy (non-hydrogen) atoms. The second-order valence-electron chi connectivity index (χ2n) is 4.04. The van der Waals surface area contributed by atoms with Gasteiger partial charge in [-0.3, -0.25) is 0 Å². The minimum Gasteiger partial charge on any atom is -0.353 e. The van der Waals surface area contributed by atoms with E-state index in [0.29, 0.717) is 0 Å². The van der Waals surface area contributed by atoms with Crippen molar-refractivity contribution in [2.24, 2.45) is 0 Å². The van der Waals surface area contributed by atoms with Gasteiger partial charge in [0, 0.05) is 26.6 Å². The molecule has 0 aliphatic carbocycles. The van der Waals surface area contributed by atoms with Gasteiger partial charge in [-0.2, -0.15) is 0 Å². The second-order valence-corrected chi connectivity index (χ2v) is 7.08. The highest BCUT2D eigenvalue weighted by Gasteiger charge is 2.10. The molecule has 5 nitrogen and oxygen atoms in total. The minimum atomic E-state index is 0.811. The highest BCUT2D eigenvalue weighted by atomic mass is 79.9. The Balaban J connectivity index is 2.17. The van der Waals surface area contributed by atoms with Crippen LogP contribution in [0.5, 0.6) is 0 Å². The number of rotatable bonds is 5. The van der Waals surface area contributed by atoms with Gasteiger partial charge in [0.1, 0.15) is 15.5 Å². The topological polar surface area (TPSA) is 54.8 Å². The summed E-state index contributed by atoms with van der Waals surface area (Å²) >= 11 is 6.49. The van der Waals surface area contributed by atoms with E-state index in [4.69, 9.17) is 0 Å². The van der Waals surface area contributed by atoms with Gasteiger partial charge in [0.05, 0.1) is 0 Å². The first-order valence-electron chi connectivity index (χ1n) is 5.80. The standard InChI is InChI=1S/C11H14BrN5S2/c1-4-5-8-13-7(12)6-9(14-8)18-11-16-15-10(19-11)17(2)3/h6H,4-5H2,1-3H3. The molecule has 0 N–H and O–H groups in total. The Morgan fingerprint density at radius 3 is 2.74 bits per heavy atom. The van der Waals surface area contributed by atoms with Crippen LogP contribution in [0, 0.1) is 0 Å². The Kier molecular flexibility index (Phi) is 5.12. The van der Waals surface area contributed by atoms with Crippen LogP contribution in [0.1, 0.15) is 19.2 Å². The largest absolute Gasteiger partial charge is 0.353 e. The van der Waals surface area contributed by atoms with Crippen molar-refractivity contribution in [2.45, 2.75) is 29.1 Å². The van der Waals surface area contributed by atoms with E-state index in [1.165, 1.54) is 11.8 Å². The first-order valence-corrected chi connectivity index (χ1v) is 8.23. The lowest BCUT2D eigenvalue weighted by atomic mass is 10.3. The average molecular weight is 360 g/mol. The highest BCUT2D eigenvalue weighted by molar-refractivity contribution is 9.10. The van der Waals surface area contributed by atoms with E-state index in [9.17, 15) is 0 Å². The first kappa shape index (κ1) is 14.7. The van der Waals surface area contributed by atoms with Crippen LogP contribution in [-0.4, -0.2) is 34.3 Å². The zero-order chi connectivity index (χ0) is 13.8. The predicted molar refractivity (Wildman–Crippen MR) is 82.1 cm³/mol. The Bertz CT molecular complexity index is 558. The van der Waals surface area contributed by atoms with Gasteiger partial charge in [-0.15, -0.1) is 10.2 Å². The number of aryl methyl sites for hydroxylation is 1. The fourth-order valence-electron chi connectivity index (χ4n) is 1.34. The molecule has 0 radical (unpaired) electrons. The summed E-state index contributed by atoms with van der Waals surface area (Å²) < 4.78 is 1.70. The van der Waals surface area contributed by atoms with E-state index in [1.807, 2.05) is 25.1 Å². The van der Waals surface area contributed by atoms with Crippen molar-refractivity contribution < 1.29 is 0 Å². The third-order valence-electron chi connectivity index (χ3n) is 2.16. The second kappa shape index (κ2) is 6.62. The molecule has 0 atom stereocenters. The van der Waals surface area contributed by atoms with Crippen LogP contribution >= 0.6 is 39.0 Å². The van der Waals surface area contributed by atoms with E-state index in [0.717, 1.165) is 37.8 Å². The summed E-state index contributed by atoms with van der Waals surface area (Å²) in [5.74, 6) is 0.858. The molecule has 2 heterocycles. The van der Waals surface area contributed by atoms with Crippen LogP contribution < -0.4 is 4.90 Å². The van der Waals surface area contributed by atoms with Crippen molar-refractivity contribution in [3.05, 3.63) is 16.5 Å². The molecule has 0 bridgehead atoms. The van der Waals surface area contributed by atoms with Gasteiger partial charge in [-0.1, -0.05) is 18.3 Å². The number of hydrogen-bond donors (Lipinski definition) is 0. The number of hydrogen-bond acceptors (Lipinski definition) is 7. The summed E-state index contributed by atoms with van der Waals surface area (Å²) in [4.78, 5) is 10.8. The van der Waals surface area contributed by atoms with Crippen LogP contribution in [0.2, 0.25) is 0 Å². The van der Waals surface area contributed by atoms with Crippen molar-refractivity contribution in [1.29, 1.82) is 0 Å². The van der Waals surface area contributed by atoms with Gasteiger partial charge in [0.15, 0.2) is 4.34 Å². The van der Waals surface area contributed by atoms with Crippen LogP contribution in [0.4, 0.5) is 5.13 Å². The molecule has 0 amide bonds. The third-order valence-corrected chi connectivity index (χ3v) is 4.63. The van der Waals surface area contributed by atoms with Crippen molar-refractivity contribution in [3.8, 4) is 0 Å². The summed E-state index contributed by atoms with van der Waals surface area (Å²) in [6.07, 6.45) is 1.91. The Morgan fingerprint density at radius 1 is 1.32 bits per heavy atom. The number of aromatic nitrogens is 4. The molecule has 0 aromatic carbocycles. The smallest absolute Gasteiger partial charge is 0.208 e. The maximum absolute atomic E-state index is 4.52. The quantitative estimate of drug-likeness (QED) is 0.763. The fraction of sp³-hybridized carbons (Fsp3) is 0.455. The van der Waals surface area contributed by atoms with Crippen LogP contribution in [0.3, 0.4) is 0 Å². The molecule has 2 rings (SSSR count). The minimum absolute atomic E-state index is 0.811. The molecule has 0 spiro atoms. The van der Waals surface area contributed by atoms with Crippen molar-refractivity contribution >= 4 is 44.2 Å². The highest BCUT2D eigenvalue weighted by Crippen LogP contribution is 2.32. The van der Waals surface area contributed by atoms with Crippen molar-refractivity contribution in [1.82, 2.24) is 20.2 Å². The predicted octanol–water partition coefficient (Wildman–Crippen LogP) is 3.26. The average Bonchev–Trinajstić information content (AvgIpc) is 2.77. The van der Waals surface area contributed by atoms with E-state index >= 15 is 0 Å². The van der Waals surface area contributed by atoms with Gasteiger partial charge in [0.25, 0.3) is 0 Å². The molecule has 0 aliphatic rings. The molecule has 0 aliphatic heterocycles. The first-order chi connectivity index (χ1) is 9.08. The maximum Gasteiger partial charge on any atom is 0.208 e. The zero-order valence-electron chi connectivity index (χ0n) is 10.9. The van der Waals surface area contributed by atoms with Crippen LogP contribution in [0.15, 0.2) is 20.0 Å². The Labute approximate surface area is 129 Å². The van der Waals surface area contributed by atoms with Crippen molar-refractivity contribution in [2.75, 3.05) is 19.0 Å². The molecule has 0 fully saturated rings. The summed E-state index contributed by atoms with van der Waals surface area (Å²) in [6.45, 7) is 2.12. The SMILES string of the molecule is CCCc1nc(Br)cc(Sc2nnc(N(C)C)s2)n1. The monoisotopic (exact) mass is 359 g/mol. The normalized spacial score (nSPS) is 10.7. The zero-order valence-corrected chi connectivity index (χ0v) is 14.1. The Morgan fingerprint density at radius 2 is 2.11 bits per heavy atom. The van der Waals surface area contributed by atoms with E-state index < -0.39 is 0 Å². The summed E-state index contributed by atoms with van der Waals surface area (Å²) in [6, 6.07) is 1.90.